The monoisotopic (exact) mass is 304 g/mol. The Hall–Kier alpha value is -3.09. The second-order valence-corrected chi connectivity index (χ2v) is 5.63. The first-order valence-electron chi connectivity index (χ1n) is 7.48. The Labute approximate surface area is 131 Å². The normalized spacial score (nSPS) is 14.4. The number of fused-ring (bicyclic) bond motifs is 1. The first kappa shape index (κ1) is 12.5. The van der Waals surface area contributed by atoms with Crippen molar-refractivity contribution in [3.05, 3.63) is 42.7 Å². The van der Waals surface area contributed by atoms with Crippen LogP contribution in [0.2, 0.25) is 0 Å². The van der Waals surface area contributed by atoms with Gasteiger partial charge in [-0.05, 0) is 43.2 Å². The number of aromatic nitrogens is 6. The molecule has 3 aromatic heterocycles. The fourth-order valence-electron chi connectivity index (χ4n) is 2.62. The maximum Gasteiger partial charge on any atom is 0.258 e. The van der Waals surface area contributed by atoms with E-state index in [4.69, 9.17) is 4.52 Å². The van der Waals surface area contributed by atoms with E-state index in [2.05, 4.69) is 25.4 Å². The third-order valence-electron chi connectivity index (χ3n) is 3.98. The molecule has 3 heterocycles. The average molecular weight is 304 g/mol. The Balaban J connectivity index is 1.54. The van der Waals surface area contributed by atoms with Crippen LogP contribution < -0.4 is 0 Å². The molecule has 0 bridgehead atoms. The Morgan fingerprint density at radius 2 is 1.91 bits per heavy atom. The molecule has 0 N–H and O–H groups in total. The summed E-state index contributed by atoms with van der Waals surface area (Å²) in [6.07, 6.45) is 5.76. The van der Waals surface area contributed by atoms with Crippen molar-refractivity contribution >= 4 is 11.0 Å². The van der Waals surface area contributed by atoms with Crippen molar-refractivity contribution in [1.29, 1.82) is 0 Å². The van der Waals surface area contributed by atoms with E-state index in [1.54, 1.807) is 12.4 Å². The molecule has 23 heavy (non-hydrogen) atoms. The lowest BCUT2D eigenvalue weighted by molar-refractivity contribution is 0.432. The average Bonchev–Trinajstić information content (AvgIpc) is 3.17. The van der Waals surface area contributed by atoms with E-state index < -0.39 is 0 Å². The summed E-state index contributed by atoms with van der Waals surface area (Å²) in [6.45, 7) is 0. The Morgan fingerprint density at radius 3 is 2.74 bits per heavy atom. The zero-order valence-electron chi connectivity index (χ0n) is 12.1. The zero-order valence-corrected chi connectivity index (χ0v) is 12.1. The molecule has 0 aliphatic heterocycles. The van der Waals surface area contributed by atoms with E-state index in [9.17, 15) is 0 Å². The minimum Gasteiger partial charge on any atom is -0.334 e. The van der Waals surface area contributed by atoms with Gasteiger partial charge in [-0.15, -0.1) is 5.10 Å². The standard InChI is InChI=1S/C16H12N6O/c1-4-14-13(19-21-22(14)12-2-3-12)9-11(1)16-18-15(20-23-16)10-5-7-17-8-6-10/h1,4-9,12H,2-3H2. The van der Waals surface area contributed by atoms with E-state index >= 15 is 0 Å². The van der Waals surface area contributed by atoms with Gasteiger partial charge in [0.2, 0.25) is 5.82 Å². The molecule has 0 spiro atoms. The Bertz CT molecular complexity index is 986. The highest BCUT2D eigenvalue weighted by molar-refractivity contribution is 5.80. The smallest absolute Gasteiger partial charge is 0.258 e. The summed E-state index contributed by atoms with van der Waals surface area (Å²) >= 11 is 0. The highest BCUT2D eigenvalue weighted by atomic mass is 16.5. The largest absolute Gasteiger partial charge is 0.334 e. The topological polar surface area (TPSA) is 82.5 Å². The van der Waals surface area contributed by atoms with Crippen LogP contribution in [0.5, 0.6) is 0 Å². The van der Waals surface area contributed by atoms with E-state index in [0.29, 0.717) is 17.8 Å². The molecule has 1 aromatic carbocycles. The summed E-state index contributed by atoms with van der Waals surface area (Å²) in [7, 11) is 0. The van der Waals surface area contributed by atoms with Gasteiger partial charge < -0.3 is 4.52 Å². The van der Waals surface area contributed by atoms with Crippen LogP contribution in [0.25, 0.3) is 33.9 Å². The molecule has 4 aromatic rings. The van der Waals surface area contributed by atoms with Gasteiger partial charge in [-0.25, -0.2) is 4.68 Å². The van der Waals surface area contributed by atoms with E-state index in [1.807, 2.05) is 35.0 Å². The van der Waals surface area contributed by atoms with Crippen LogP contribution in [0.1, 0.15) is 18.9 Å². The molecule has 0 amide bonds. The fourth-order valence-corrected chi connectivity index (χ4v) is 2.62. The lowest BCUT2D eigenvalue weighted by Crippen LogP contribution is -1.95. The van der Waals surface area contributed by atoms with Crippen LogP contribution >= 0.6 is 0 Å². The number of rotatable bonds is 3. The van der Waals surface area contributed by atoms with E-state index in [1.165, 1.54) is 12.8 Å². The fraction of sp³-hybridized carbons (Fsp3) is 0.188. The lowest BCUT2D eigenvalue weighted by atomic mass is 10.2. The summed E-state index contributed by atoms with van der Waals surface area (Å²) in [6, 6.07) is 10.1. The van der Waals surface area contributed by atoms with E-state index in [0.717, 1.165) is 22.2 Å². The van der Waals surface area contributed by atoms with Gasteiger partial charge in [0, 0.05) is 23.5 Å². The molecule has 1 fully saturated rings. The number of hydrogen-bond donors (Lipinski definition) is 0. The number of pyridine rings is 1. The second kappa shape index (κ2) is 4.70. The molecule has 7 heteroatoms. The predicted octanol–water partition coefficient (Wildman–Crippen LogP) is 2.88. The van der Waals surface area contributed by atoms with Crippen molar-refractivity contribution in [2.75, 3.05) is 0 Å². The van der Waals surface area contributed by atoms with Crippen LogP contribution in [0.4, 0.5) is 0 Å². The van der Waals surface area contributed by atoms with Gasteiger partial charge in [-0.1, -0.05) is 10.4 Å². The van der Waals surface area contributed by atoms with Crippen LogP contribution in [-0.4, -0.2) is 30.1 Å². The number of hydrogen-bond acceptors (Lipinski definition) is 6. The van der Waals surface area contributed by atoms with Crippen LogP contribution in [-0.2, 0) is 0 Å². The number of benzene rings is 1. The molecule has 0 radical (unpaired) electrons. The summed E-state index contributed by atoms with van der Waals surface area (Å²) in [5.74, 6) is 1.02. The van der Waals surface area contributed by atoms with Crippen molar-refractivity contribution in [1.82, 2.24) is 30.1 Å². The van der Waals surface area contributed by atoms with Crippen molar-refractivity contribution < 1.29 is 4.52 Å². The Morgan fingerprint density at radius 1 is 1.04 bits per heavy atom. The lowest BCUT2D eigenvalue weighted by Gasteiger charge is -1.98. The third kappa shape index (κ3) is 2.09. The highest BCUT2D eigenvalue weighted by Crippen LogP contribution is 2.36. The molecule has 1 aliphatic carbocycles. The molecule has 0 atom stereocenters. The van der Waals surface area contributed by atoms with E-state index in [-0.39, 0.29) is 0 Å². The summed E-state index contributed by atoms with van der Waals surface area (Å²) < 4.78 is 7.38. The SMILES string of the molecule is c1cc(-c2noc(-c3ccc4c(c3)nnn4C3CC3)n2)ccn1. The van der Waals surface area contributed by atoms with Gasteiger partial charge in [0.1, 0.15) is 5.52 Å². The van der Waals surface area contributed by atoms with Crippen molar-refractivity contribution in [3.8, 4) is 22.8 Å². The first-order valence-corrected chi connectivity index (χ1v) is 7.48. The quantitative estimate of drug-likeness (QED) is 0.579. The maximum absolute atomic E-state index is 5.38. The van der Waals surface area contributed by atoms with Crippen LogP contribution in [0, 0.1) is 0 Å². The molecule has 7 nitrogen and oxygen atoms in total. The van der Waals surface area contributed by atoms with Crippen LogP contribution in [0.3, 0.4) is 0 Å². The van der Waals surface area contributed by atoms with Gasteiger partial charge in [0.05, 0.1) is 11.6 Å². The van der Waals surface area contributed by atoms with Crippen LogP contribution in [0.15, 0.2) is 47.2 Å². The Kier molecular flexibility index (Phi) is 2.55. The molecular formula is C16H12N6O. The summed E-state index contributed by atoms with van der Waals surface area (Å²) in [4.78, 5) is 8.44. The first-order chi connectivity index (χ1) is 11.4. The maximum atomic E-state index is 5.38. The molecule has 112 valence electrons. The van der Waals surface area contributed by atoms with Gasteiger partial charge in [-0.3, -0.25) is 4.98 Å². The molecule has 0 unspecified atom stereocenters. The van der Waals surface area contributed by atoms with Gasteiger partial charge >= 0.3 is 0 Å². The van der Waals surface area contributed by atoms with Gasteiger partial charge in [0.25, 0.3) is 5.89 Å². The molecule has 5 rings (SSSR count). The molecular weight excluding hydrogens is 292 g/mol. The summed E-state index contributed by atoms with van der Waals surface area (Å²) in [5, 5.41) is 12.5. The third-order valence-corrected chi connectivity index (χ3v) is 3.98. The zero-order chi connectivity index (χ0) is 15.2. The van der Waals surface area contributed by atoms with Crippen molar-refractivity contribution in [2.45, 2.75) is 18.9 Å². The van der Waals surface area contributed by atoms with Gasteiger partial charge in [-0.2, -0.15) is 4.98 Å². The predicted molar refractivity (Wildman–Crippen MR) is 82.3 cm³/mol. The van der Waals surface area contributed by atoms with Gasteiger partial charge in [0.15, 0.2) is 0 Å². The molecule has 1 saturated carbocycles. The molecule has 0 saturated heterocycles. The van der Waals surface area contributed by atoms with Crippen molar-refractivity contribution in [2.24, 2.45) is 0 Å². The molecule has 1 aliphatic rings. The number of nitrogens with zero attached hydrogens (tertiary/aromatic N) is 6. The minimum absolute atomic E-state index is 0.472. The minimum atomic E-state index is 0.472. The van der Waals surface area contributed by atoms with Crippen molar-refractivity contribution in [3.63, 3.8) is 0 Å². The summed E-state index contributed by atoms with van der Waals surface area (Å²) in [5.41, 5.74) is 3.60. The second-order valence-electron chi connectivity index (χ2n) is 5.63. The highest BCUT2D eigenvalue weighted by Gasteiger charge is 2.26.